The molecule has 9 rings (SSSR count). The Hall–Kier alpha value is -4.99. The van der Waals surface area contributed by atoms with Crippen molar-refractivity contribution < 1.29 is 24.2 Å². The van der Waals surface area contributed by atoms with E-state index in [1.165, 1.54) is 0 Å². The maximum Gasteiger partial charge on any atom is 0.309 e. The Labute approximate surface area is 330 Å². The highest BCUT2D eigenvalue weighted by atomic mass is 35.5. The molecule has 2 bridgehead atoms. The normalized spacial score (nSPS) is 23.4. The minimum atomic E-state index is -0.641. The summed E-state index contributed by atoms with van der Waals surface area (Å²) in [4.78, 5) is 40.2. The molecule has 3 N–H and O–H groups in total. The van der Waals surface area contributed by atoms with Gasteiger partial charge in [0, 0.05) is 69.6 Å². The van der Waals surface area contributed by atoms with E-state index in [0.29, 0.717) is 58.7 Å². The molecule has 2 saturated carbocycles. The van der Waals surface area contributed by atoms with Gasteiger partial charge >= 0.3 is 5.97 Å². The van der Waals surface area contributed by atoms with Crippen molar-refractivity contribution in [1.82, 2.24) is 24.3 Å². The van der Waals surface area contributed by atoms with Crippen molar-refractivity contribution in [1.29, 1.82) is 0 Å². The highest BCUT2D eigenvalue weighted by Crippen LogP contribution is 2.62. The second kappa shape index (κ2) is 13.9. The molecule has 12 heteroatoms. The second-order valence-corrected chi connectivity index (χ2v) is 16.9. The summed E-state index contributed by atoms with van der Waals surface area (Å²) in [6.07, 6.45) is 11.4. The average molecular weight is 773 g/mol. The molecule has 11 nitrogen and oxygen atoms in total. The number of hydrogen-bond acceptors (Lipinski definition) is 8. The van der Waals surface area contributed by atoms with E-state index in [9.17, 15) is 19.8 Å². The van der Waals surface area contributed by atoms with Crippen LogP contribution >= 0.6 is 11.6 Å². The van der Waals surface area contributed by atoms with Crippen molar-refractivity contribution in [3.8, 4) is 34.9 Å². The number of benzene rings is 3. The van der Waals surface area contributed by atoms with Gasteiger partial charge in [0.2, 0.25) is 5.89 Å². The number of nitrogens with zero attached hydrogens (tertiary/aromatic N) is 5. The Morgan fingerprint density at radius 1 is 1.05 bits per heavy atom. The number of carbonyl (C=O) groups is 2. The van der Waals surface area contributed by atoms with Crippen molar-refractivity contribution in [2.45, 2.75) is 71.1 Å². The molecule has 56 heavy (non-hydrogen) atoms. The van der Waals surface area contributed by atoms with Crippen LogP contribution in [0.5, 0.6) is 0 Å². The SMILES string of the molecule is C#Cc1cc(CN2CC[C@@H](O)C2)cc2nc(-c3cccc(-c4cccc(NC(=O)c5nc6c(n5C)CCN(CC57CCC(C(=O)O)(CC5)C7)C6)c4Cl)c3C)oc12. The van der Waals surface area contributed by atoms with Gasteiger partial charge in [0.25, 0.3) is 5.91 Å². The van der Waals surface area contributed by atoms with E-state index in [1.54, 1.807) is 6.07 Å². The minimum Gasteiger partial charge on any atom is -0.481 e. The van der Waals surface area contributed by atoms with Gasteiger partial charge in [-0.05, 0) is 91.8 Å². The van der Waals surface area contributed by atoms with Gasteiger partial charge in [0.1, 0.15) is 5.52 Å². The zero-order valence-electron chi connectivity index (χ0n) is 31.7. The number of aliphatic hydroxyl groups excluding tert-OH is 1. The molecule has 3 aromatic carbocycles. The number of rotatable bonds is 9. The van der Waals surface area contributed by atoms with Crippen LogP contribution in [0.2, 0.25) is 5.02 Å². The number of fused-ring (bicyclic) bond motifs is 4. The van der Waals surface area contributed by atoms with Crippen molar-refractivity contribution in [3.63, 3.8) is 0 Å². The molecule has 1 atom stereocenters. The largest absolute Gasteiger partial charge is 0.481 e. The molecule has 2 aromatic heterocycles. The summed E-state index contributed by atoms with van der Waals surface area (Å²) in [5.74, 6) is 2.55. The lowest BCUT2D eigenvalue weighted by Crippen LogP contribution is -2.39. The Morgan fingerprint density at radius 3 is 2.55 bits per heavy atom. The van der Waals surface area contributed by atoms with Crippen molar-refractivity contribution in [2.24, 2.45) is 17.9 Å². The number of halogens is 1. The smallest absolute Gasteiger partial charge is 0.309 e. The first-order valence-corrected chi connectivity index (χ1v) is 19.8. The van der Waals surface area contributed by atoms with Gasteiger partial charge in [-0.3, -0.25) is 19.4 Å². The van der Waals surface area contributed by atoms with Crippen LogP contribution in [-0.4, -0.2) is 78.7 Å². The predicted molar refractivity (Wildman–Crippen MR) is 214 cm³/mol. The third kappa shape index (κ3) is 6.29. The van der Waals surface area contributed by atoms with Crippen LogP contribution in [0.3, 0.4) is 0 Å². The number of likely N-dealkylation sites (tertiary alicyclic amines) is 1. The number of aliphatic carboxylic acids is 1. The summed E-state index contributed by atoms with van der Waals surface area (Å²) in [7, 11) is 1.88. The van der Waals surface area contributed by atoms with Gasteiger partial charge < -0.3 is 24.5 Å². The highest BCUT2D eigenvalue weighted by Gasteiger charge is 2.58. The number of terminal acetylenes is 1. The molecule has 2 aliphatic carbocycles. The molecule has 0 radical (unpaired) electrons. The predicted octanol–water partition coefficient (Wildman–Crippen LogP) is 7.05. The number of β-amino-alcohol motifs (C(OH)–C–C–N with tert-alkyl or cyclic N) is 1. The van der Waals surface area contributed by atoms with Crippen LogP contribution in [0.25, 0.3) is 33.7 Å². The molecule has 4 heterocycles. The summed E-state index contributed by atoms with van der Waals surface area (Å²) < 4.78 is 8.21. The van der Waals surface area contributed by atoms with Crippen molar-refractivity contribution in [3.05, 3.63) is 87.5 Å². The number of aromatic nitrogens is 3. The number of anilines is 1. The van der Waals surface area contributed by atoms with E-state index in [2.05, 4.69) is 21.0 Å². The summed E-state index contributed by atoms with van der Waals surface area (Å²) in [6.45, 7) is 6.49. The molecule has 288 valence electrons. The van der Waals surface area contributed by atoms with Crippen LogP contribution in [0.1, 0.15) is 77.2 Å². The third-order valence-corrected chi connectivity index (χ3v) is 13.4. The average Bonchev–Trinajstić information content (AvgIpc) is 4.01. The highest BCUT2D eigenvalue weighted by molar-refractivity contribution is 6.36. The number of aliphatic hydroxyl groups is 1. The molecule has 2 aliphatic heterocycles. The fourth-order valence-corrected chi connectivity index (χ4v) is 10.3. The standard InChI is InChI=1S/C44H45ClN6O5/c1-4-28-19-27(21-50-17-11-29(52)22-50)20-34-38(28)56-41(48-34)31-8-5-7-30(26(31)2)32-9-6-10-33(37(32)45)47-40(53)39-46-35-23-51(18-12-36(35)49(39)3)25-43-13-15-44(24-43,16-14-43)42(54)55/h1,5-10,19-20,29,52H,11-18,21-25H2,2-3H3,(H,47,53)(H,54,55)/t29-,43?,44?/m1/s1. The topological polar surface area (TPSA) is 137 Å². The van der Waals surface area contributed by atoms with E-state index in [0.717, 1.165) is 104 Å². The van der Waals surface area contributed by atoms with E-state index in [-0.39, 0.29) is 17.4 Å². The Bertz CT molecular complexity index is 2450. The first-order valence-electron chi connectivity index (χ1n) is 19.5. The van der Waals surface area contributed by atoms with E-state index >= 15 is 0 Å². The number of hydrogen-bond donors (Lipinski definition) is 3. The lowest BCUT2D eigenvalue weighted by Gasteiger charge is -2.35. The number of carboxylic acids is 1. The van der Waals surface area contributed by atoms with E-state index in [1.807, 2.05) is 61.0 Å². The van der Waals surface area contributed by atoms with Crippen LogP contribution in [0.4, 0.5) is 5.69 Å². The molecule has 5 aromatic rings. The molecule has 3 fully saturated rings. The zero-order valence-corrected chi connectivity index (χ0v) is 32.5. The number of oxazole rings is 1. The third-order valence-electron chi connectivity index (χ3n) is 13.0. The summed E-state index contributed by atoms with van der Waals surface area (Å²) >= 11 is 7.08. The van der Waals surface area contributed by atoms with Gasteiger partial charge in [-0.15, -0.1) is 6.42 Å². The molecule has 1 amide bonds. The Balaban J connectivity index is 0.934. The Kier molecular flexibility index (Phi) is 9.08. The maximum atomic E-state index is 13.8. The van der Waals surface area contributed by atoms with Crippen molar-refractivity contribution >= 4 is 40.3 Å². The molecular formula is C44H45ClN6O5. The first kappa shape index (κ1) is 36.6. The van der Waals surface area contributed by atoms with Gasteiger partial charge in [0.05, 0.1) is 33.5 Å². The number of nitrogens with one attached hydrogen (secondary N) is 1. The lowest BCUT2D eigenvalue weighted by molar-refractivity contribution is -0.148. The number of amides is 1. The molecule has 1 saturated heterocycles. The van der Waals surface area contributed by atoms with Crippen LogP contribution in [0.15, 0.2) is 52.9 Å². The molecular weight excluding hydrogens is 728 g/mol. The lowest BCUT2D eigenvalue weighted by atomic mass is 9.81. The molecule has 0 unspecified atom stereocenters. The zero-order chi connectivity index (χ0) is 38.9. The van der Waals surface area contributed by atoms with Crippen LogP contribution in [-0.2, 0) is 31.4 Å². The minimum absolute atomic E-state index is 0.0576. The molecule has 0 spiro atoms. The van der Waals surface area contributed by atoms with Crippen LogP contribution < -0.4 is 5.32 Å². The quantitative estimate of drug-likeness (QED) is 0.135. The van der Waals surface area contributed by atoms with Gasteiger partial charge in [-0.1, -0.05) is 41.8 Å². The number of carbonyl (C=O) groups excluding carboxylic acids is 1. The first-order chi connectivity index (χ1) is 26.9. The summed E-state index contributed by atoms with van der Waals surface area (Å²) in [5, 5.41) is 23.3. The maximum absolute atomic E-state index is 13.8. The van der Waals surface area contributed by atoms with Crippen LogP contribution in [0, 0.1) is 30.1 Å². The summed E-state index contributed by atoms with van der Waals surface area (Å²) in [5.41, 5.74) is 8.13. The van der Waals surface area contributed by atoms with E-state index < -0.39 is 11.4 Å². The van der Waals surface area contributed by atoms with Crippen molar-refractivity contribution in [2.75, 3.05) is 31.5 Å². The fourth-order valence-electron chi connectivity index (χ4n) is 10.0. The van der Waals surface area contributed by atoms with Gasteiger partial charge in [0.15, 0.2) is 11.4 Å². The van der Waals surface area contributed by atoms with Gasteiger partial charge in [-0.25, -0.2) is 9.97 Å². The Morgan fingerprint density at radius 2 is 1.82 bits per heavy atom. The van der Waals surface area contributed by atoms with Gasteiger partial charge in [-0.2, -0.15) is 0 Å². The molecule has 4 aliphatic rings. The number of carboxylic acid groups (broad SMARTS) is 1. The monoisotopic (exact) mass is 772 g/mol. The summed E-state index contributed by atoms with van der Waals surface area (Å²) in [6, 6.07) is 15.4. The fraction of sp³-hybridized carbons (Fsp3) is 0.409. The number of imidazole rings is 1. The van der Waals surface area contributed by atoms with E-state index in [4.69, 9.17) is 32.4 Å². The second-order valence-electron chi connectivity index (χ2n) is 16.5.